The summed E-state index contributed by atoms with van der Waals surface area (Å²) in [4.78, 5) is 7.14. The van der Waals surface area contributed by atoms with Gasteiger partial charge >= 0.3 is 0 Å². The molecule has 0 aliphatic heterocycles. The number of hydrogen-bond donors (Lipinski definition) is 1. The van der Waals surface area contributed by atoms with Gasteiger partial charge in [0.1, 0.15) is 0 Å². The first kappa shape index (κ1) is 13.8. The van der Waals surface area contributed by atoms with E-state index < -0.39 is 0 Å². The molecule has 1 aliphatic carbocycles. The molecule has 2 heterocycles. The summed E-state index contributed by atoms with van der Waals surface area (Å²) < 4.78 is 2.14. The fraction of sp³-hybridized carbons (Fsp3) is 0.250. The van der Waals surface area contributed by atoms with Gasteiger partial charge in [-0.25, -0.2) is 4.98 Å². The Hall–Kier alpha value is -1.85. The molecule has 3 aromatic rings. The summed E-state index contributed by atoms with van der Waals surface area (Å²) in [5.74, 6) is 0. The molecule has 0 saturated carbocycles. The second-order valence-electron chi connectivity index (χ2n) is 5.39. The Morgan fingerprint density at radius 1 is 1.23 bits per heavy atom. The Morgan fingerprint density at radius 3 is 2.77 bits per heavy atom. The van der Waals surface area contributed by atoms with Gasteiger partial charge in [0, 0.05) is 21.2 Å². The molecule has 4 rings (SSSR count). The zero-order valence-corrected chi connectivity index (χ0v) is 13.4. The Kier molecular flexibility index (Phi) is 3.39. The maximum absolute atomic E-state index is 9.07. The quantitative estimate of drug-likeness (QED) is 0.430. The minimum absolute atomic E-state index is 0.694. The van der Waals surface area contributed by atoms with Crippen molar-refractivity contribution < 1.29 is 5.21 Å². The molecule has 0 radical (unpaired) electrons. The third-order valence-corrected chi connectivity index (χ3v) is 5.45. The van der Waals surface area contributed by atoms with Gasteiger partial charge in [0.2, 0.25) is 0 Å². The largest absolute Gasteiger partial charge is 0.411 e. The van der Waals surface area contributed by atoms with Crippen LogP contribution in [0.2, 0.25) is 5.02 Å². The predicted molar refractivity (Wildman–Crippen MR) is 89.5 cm³/mol. The minimum atomic E-state index is 0.694. The molecule has 4 nitrogen and oxygen atoms in total. The second kappa shape index (κ2) is 5.41. The maximum atomic E-state index is 9.07. The van der Waals surface area contributed by atoms with Gasteiger partial charge in [0.05, 0.1) is 17.6 Å². The monoisotopic (exact) mass is 331 g/mol. The molecule has 0 atom stereocenters. The van der Waals surface area contributed by atoms with Crippen LogP contribution in [0.15, 0.2) is 29.4 Å². The van der Waals surface area contributed by atoms with Crippen LogP contribution in [-0.4, -0.2) is 20.8 Å². The van der Waals surface area contributed by atoms with Gasteiger partial charge in [-0.15, -0.1) is 11.3 Å². The number of nitrogens with zero attached hydrogens (tertiary/aromatic N) is 3. The Morgan fingerprint density at radius 2 is 2.00 bits per heavy atom. The zero-order valence-electron chi connectivity index (χ0n) is 11.8. The molecular formula is C16H14ClN3OS. The average Bonchev–Trinajstić information content (AvgIpc) is 3.05. The molecule has 0 amide bonds. The maximum Gasteiger partial charge on any atom is 0.195 e. The first-order chi connectivity index (χ1) is 10.8. The standard InChI is InChI=1S/C16H14ClN3OS/c17-11-7-5-10(6-8-11)15-13(9-18-21)20-12-3-1-2-4-14(12)22-16(20)19-15/h5-9,21H,1-4H2/b18-9+. The minimum Gasteiger partial charge on any atom is -0.411 e. The van der Waals surface area contributed by atoms with Crippen LogP contribution < -0.4 is 0 Å². The first-order valence-corrected chi connectivity index (χ1v) is 8.44. The van der Waals surface area contributed by atoms with E-state index in [9.17, 15) is 0 Å². The highest BCUT2D eigenvalue weighted by Gasteiger charge is 2.22. The van der Waals surface area contributed by atoms with Gasteiger partial charge in [0.15, 0.2) is 4.96 Å². The van der Waals surface area contributed by atoms with Gasteiger partial charge < -0.3 is 5.21 Å². The van der Waals surface area contributed by atoms with Crippen LogP contribution in [0, 0.1) is 0 Å². The number of hydrogen-bond acceptors (Lipinski definition) is 4. The lowest BCUT2D eigenvalue weighted by molar-refractivity contribution is 0.321. The number of aryl methyl sites for hydroxylation is 2. The first-order valence-electron chi connectivity index (χ1n) is 7.24. The number of thiazole rings is 1. The van der Waals surface area contributed by atoms with E-state index in [0.717, 1.165) is 34.8 Å². The normalized spacial score (nSPS) is 14.8. The molecule has 6 heteroatoms. The van der Waals surface area contributed by atoms with E-state index in [4.69, 9.17) is 21.8 Å². The van der Waals surface area contributed by atoms with Crippen molar-refractivity contribution in [3.05, 3.63) is 45.6 Å². The summed E-state index contributed by atoms with van der Waals surface area (Å²) >= 11 is 7.70. The lowest BCUT2D eigenvalue weighted by Crippen LogP contribution is -2.05. The van der Waals surface area contributed by atoms with Crippen molar-refractivity contribution in [3.63, 3.8) is 0 Å². The van der Waals surface area contributed by atoms with Crippen LogP contribution in [0.4, 0.5) is 0 Å². The molecule has 1 aliphatic rings. The van der Waals surface area contributed by atoms with Crippen molar-refractivity contribution in [2.45, 2.75) is 25.7 Å². The lowest BCUT2D eigenvalue weighted by Gasteiger charge is -2.11. The van der Waals surface area contributed by atoms with E-state index in [1.54, 1.807) is 11.3 Å². The topological polar surface area (TPSA) is 49.9 Å². The molecule has 0 saturated heterocycles. The molecule has 1 aromatic carbocycles. The van der Waals surface area contributed by atoms with E-state index in [1.807, 2.05) is 24.3 Å². The Balaban J connectivity index is 1.97. The van der Waals surface area contributed by atoms with E-state index in [-0.39, 0.29) is 0 Å². The third kappa shape index (κ3) is 2.12. The highest BCUT2D eigenvalue weighted by molar-refractivity contribution is 7.17. The number of benzene rings is 1. The third-order valence-electron chi connectivity index (χ3n) is 4.05. The van der Waals surface area contributed by atoms with Crippen LogP contribution in [0.1, 0.15) is 29.1 Å². The Labute approximate surface area is 136 Å². The smallest absolute Gasteiger partial charge is 0.195 e. The zero-order chi connectivity index (χ0) is 15.1. The van der Waals surface area contributed by atoms with Gasteiger partial charge in [-0.2, -0.15) is 0 Å². The molecule has 0 bridgehead atoms. The SMILES string of the molecule is O/N=C/c1c(-c2ccc(Cl)cc2)nc2sc3c(n12)CCCC3. The Bertz CT molecular complexity index is 864. The van der Waals surface area contributed by atoms with Crippen LogP contribution in [0.3, 0.4) is 0 Å². The van der Waals surface area contributed by atoms with Crippen molar-refractivity contribution in [3.8, 4) is 11.3 Å². The number of halogens is 1. The van der Waals surface area contributed by atoms with Gasteiger partial charge in [0.25, 0.3) is 0 Å². The van der Waals surface area contributed by atoms with E-state index in [2.05, 4.69) is 9.56 Å². The number of oxime groups is 1. The van der Waals surface area contributed by atoms with Crippen molar-refractivity contribution in [1.29, 1.82) is 0 Å². The van der Waals surface area contributed by atoms with Gasteiger partial charge in [-0.3, -0.25) is 4.40 Å². The highest BCUT2D eigenvalue weighted by atomic mass is 35.5. The number of rotatable bonds is 2. The fourth-order valence-corrected chi connectivity index (χ4v) is 4.39. The molecule has 1 N–H and O–H groups in total. The summed E-state index contributed by atoms with van der Waals surface area (Å²) in [6.07, 6.45) is 6.09. The summed E-state index contributed by atoms with van der Waals surface area (Å²) in [6.45, 7) is 0. The summed E-state index contributed by atoms with van der Waals surface area (Å²) in [7, 11) is 0. The van der Waals surface area contributed by atoms with E-state index in [1.165, 1.54) is 29.6 Å². The summed E-state index contributed by atoms with van der Waals surface area (Å²) in [6, 6.07) is 7.57. The van der Waals surface area contributed by atoms with Gasteiger partial charge in [-0.1, -0.05) is 28.9 Å². The van der Waals surface area contributed by atoms with Gasteiger partial charge in [-0.05, 0) is 37.8 Å². The fourth-order valence-electron chi connectivity index (χ4n) is 3.05. The van der Waals surface area contributed by atoms with Crippen molar-refractivity contribution in [2.75, 3.05) is 0 Å². The predicted octanol–water partition coefficient (Wildman–Crippen LogP) is 4.40. The number of imidazole rings is 1. The second-order valence-corrected chi connectivity index (χ2v) is 6.89. The molecule has 2 aromatic heterocycles. The molecule has 112 valence electrons. The van der Waals surface area contributed by atoms with Crippen LogP contribution in [0.25, 0.3) is 16.2 Å². The molecule has 0 spiro atoms. The number of aromatic nitrogens is 2. The molecule has 22 heavy (non-hydrogen) atoms. The van der Waals surface area contributed by atoms with Crippen LogP contribution >= 0.6 is 22.9 Å². The summed E-state index contributed by atoms with van der Waals surface area (Å²) in [5.41, 5.74) is 3.95. The van der Waals surface area contributed by atoms with E-state index in [0.29, 0.717) is 5.02 Å². The van der Waals surface area contributed by atoms with Crippen molar-refractivity contribution in [1.82, 2.24) is 9.38 Å². The lowest BCUT2D eigenvalue weighted by atomic mass is 10.0. The molecule has 0 unspecified atom stereocenters. The van der Waals surface area contributed by atoms with E-state index >= 15 is 0 Å². The average molecular weight is 332 g/mol. The van der Waals surface area contributed by atoms with Crippen molar-refractivity contribution in [2.24, 2.45) is 5.16 Å². The summed E-state index contributed by atoms with van der Waals surface area (Å²) in [5, 5.41) is 13.0. The molecular weight excluding hydrogens is 318 g/mol. The molecule has 0 fully saturated rings. The van der Waals surface area contributed by atoms with Crippen molar-refractivity contribution >= 4 is 34.1 Å². The van der Waals surface area contributed by atoms with Crippen LogP contribution in [0.5, 0.6) is 0 Å². The highest BCUT2D eigenvalue weighted by Crippen LogP contribution is 2.34. The number of fused-ring (bicyclic) bond motifs is 3. The van der Waals surface area contributed by atoms with Crippen LogP contribution in [-0.2, 0) is 12.8 Å².